The number of carbonyl (C=O) groups is 1. The molecule has 0 radical (unpaired) electrons. The Balaban J connectivity index is 1.40. The lowest BCUT2D eigenvalue weighted by Crippen LogP contribution is -2.42. The largest absolute Gasteiger partial charge is 0.370 e. The van der Waals surface area contributed by atoms with Crippen molar-refractivity contribution in [3.05, 3.63) is 22.6 Å². The topological polar surface area (TPSA) is 70.5 Å². The first-order valence-corrected chi connectivity index (χ1v) is 9.81. The van der Waals surface area contributed by atoms with Gasteiger partial charge in [0.15, 0.2) is 0 Å². The number of nitrogens with zero attached hydrogens (tertiary/aromatic N) is 4. The zero-order valence-corrected chi connectivity index (χ0v) is 16.0. The average molecular weight is 361 g/mol. The zero-order chi connectivity index (χ0) is 18.5. The van der Waals surface area contributed by atoms with Gasteiger partial charge >= 0.3 is 0 Å². The van der Waals surface area contributed by atoms with Gasteiger partial charge in [0.1, 0.15) is 0 Å². The highest BCUT2D eigenvalue weighted by Crippen LogP contribution is 2.21. The van der Waals surface area contributed by atoms with Crippen LogP contribution in [0.25, 0.3) is 0 Å². The summed E-state index contributed by atoms with van der Waals surface area (Å²) in [5.41, 5.74) is 0.818. The number of aryl methyl sites for hydroxylation is 1. The van der Waals surface area contributed by atoms with Crippen molar-refractivity contribution in [2.24, 2.45) is 18.9 Å². The molecular formula is C19H31N5O2. The van der Waals surface area contributed by atoms with Crippen LogP contribution in [0, 0.1) is 11.8 Å². The normalized spacial score (nSPS) is 20.3. The first-order chi connectivity index (χ1) is 12.5. The van der Waals surface area contributed by atoms with Crippen LogP contribution in [0.4, 0.5) is 5.69 Å². The van der Waals surface area contributed by atoms with Crippen LogP contribution in [0.5, 0.6) is 0 Å². The van der Waals surface area contributed by atoms with E-state index in [1.807, 2.05) is 6.92 Å². The molecule has 2 fully saturated rings. The molecule has 0 aliphatic carbocycles. The molecule has 0 unspecified atom stereocenters. The smallest absolute Gasteiger partial charge is 0.268 e. The summed E-state index contributed by atoms with van der Waals surface area (Å²) in [5, 5.41) is 7.24. The highest BCUT2D eigenvalue weighted by molar-refractivity contribution is 5.78. The van der Waals surface area contributed by atoms with Crippen LogP contribution in [-0.2, 0) is 11.8 Å². The Bertz CT molecular complexity index is 660. The first-order valence-electron chi connectivity index (χ1n) is 9.81. The SMILES string of the molecule is C[C@@H](CN1CCCC1)C(=O)NCC1CCN(c2cnn(C)c(=O)c2)CC1. The van der Waals surface area contributed by atoms with Gasteiger partial charge in [0.05, 0.1) is 11.9 Å². The molecule has 1 N–H and O–H groups in total. The van der Waals surface area contributed by atoms with Crippen molar-refractivity contribution >= 4 is 11.6 Å². The predicted molar refractivity (Wildman–Crippen MR) is 102 cm³/mol. The minimum Gasteiger partial charge on any atom is -0.370 e. The van der Waals surface area contributed by atoms with Gasteiger partial charge in [-0.25, -0.2) is 4.68 Å². The summed E-state index contributed by atoms with van der Waals surface area (Å²) in [6.45, 7) is 7.73. The van der Waals surface area contributed by atoms with Crippen LogP contribution in [0.1, 0.15) is 32.6 Å². The summed E-state index contributed by atoms with van der Waals surface area (Å²) in [6, 6.07) is 1.65. The fourth-order valence-corrected chi connectivity index (χ4v) is 3.88. The Kier molecular flexibility index (Phi) is 6.29. The van der Waals surface area contributed by atoms with Gasteiger partial charge in [-0.2, -0.15) is 5.10 Å². The number of aromatic nitrogens is 2. The lowest BCUT2D eigenvalue weighted by atomic mass is 9.96. The third-order valence-corrected chi connectivity index (χ3v) is 5.68. The molecular weight excluding hydrogens is 330 g/mol. The minimum atomic E-state index is -0.0797. The molecule has 2 aliphatic heterocycles. The van der Waals surface area contributed by atoms with Crippen LogP contribution in [0.3, 0.4) is 0 Å². The molecule has 0 bridgehead atoms. The number of rotatable bonds is 6. The van der Waals surface area contributed by atoms with E-state index in [1.165, 1.54) is 17.5 Å². The Morgan fingerprint density at radius 3 is 2.62 bits per heavy atom. The molecule has 26 heavy (non-hydrogen) atoms. The van der Waals surface area contributed by atoms with E-state index in [1.54, 1.807) is 19.3 Å². The lowest BCUT2D eigenvalue weighted by Gasteiger charge is -2.33. The van der Waals surface area contributed by atoms with Crippen molar-refractivity contribution < 1.29 is 4.79 Å². The summed E-state index contributed by atoms with van der Waals surface area (Å²) in [5.74, 6) is 0.739. The lowest BCUT2D eigenvalue weighted by molar-refractivity contribution is -0.125. The van der Waals surface area contributed by atoms with Crippen molar-refractivity contribution in [1.82, 2.24) is 20.0 Å². The maximum absolute atomic E-state index is 12.3. The molecule has 3 rings (SSSR count). The molecule has 0 spiro atoms. The van der Waals surface area contributed by atoms with Crippen LogP contribution >= 0.6 is 0 Å². The number of anilines is 1. The second-order valence-electron chi connectivity index (χ2n) is 7.76. The highest BCUT2D eigenvalue weighted by Gasteiger charge is 2.23. The summed E-state index contributed by atoms with van der Waals surface area (Å²) in [4.78, 5) is 28.7. The van der Waals surface area contributed by atoms with E-state index in [9.17, 15) is 9.59 Å². The van der Waals surface area contributed by atoms with Gasteiger partial charge in [-0.1, -0.05) is 6.92 Å². The maximum atomic E-state index is 12.3. The van der Waals surface area contributed by atoms with Gasteiger partial charge in [0, 0.05) is 45.2 Å². The summed E-state index contributed by atoms with van der Waals surface area (Å²) >= 11 is 0. The number of hydrogen-bond acceptors (Lipinski definition) is 5. The van der Waals surface area contributed by atoms with Crippen molar-refractivity contribution in [1.29, 1.82) is 0 Å². The van der Waals surface area contributed by atoms with Gasteiger partial charge in [0.25, 0.3) is 5.56 Å². The molecule has 3 heterocycles. The maximum Gasteiger partial charge on any atom is 0.268 e. The summed E-state index contributed by atoms with van der Waals surface area (Å²) in [7, 11) is 1.66. The van der Waals surface area contributed by atoms with E-state index in [-0.39, 0.29) is 17.4 Å². The quantitative estimate of drug-likeness (QED) is 0.813. The van der Waals surface area contributed by atoms with E-state index in [2.05, 4.69) is 20.2 Å². The monoisotopic (exact) mass is 361 g/mol. The fourth-order valence-electron chi connectivity index (χ4n) is 3.88. The minimum absolute atomic E-state index is 0.0554. The molecule has 1 aromatic heterocycles. The predicted octanol–water partition coefficient (Wildman–Crippen LogP) is 0.845. The van der Waals surface area contributed by atoms with Crippen molar-refractivity contribution in [2.45, 2.75) is 32.6 Å². The first kappa shape index (κ1) is 18.9. The van der Waals surface area contributed by atoms with Crippen molar-refractivity contribution in [2.75, 3.05) is 44.2 Å². The third kappa shape index (κ3) is 4.84. The second-order valence-corrected chi connectivity index (χ2v) is 7.76. The molecule has 2 saturated heterocycles. The summed E-state index contributed by atoms with van der Waals surface area (Å²) < 4.78 is 1.34. The molecule has 144 valence electrons. The average Bonchev–Trinajstić information content (AvgIpc) is 3.15. The Morgan fingerprint density at radius 2 is 1.96 bits per heavy atom. The number of nitrogens with one attached hydrogen (secondary N) is 1. The standard InChI is InChI=1S/C19H31N5O2/c1-15(14-23-7-3-4-8-23)19(26)20-12-16-5-9-24(10-6-16)17-11-18(25)22(2)21-13-17/h11,13,15-16H,3-10,12,14H2,1-2H3,(H,20,26)/t15-/m0/s1. The fraction of sp³-hybridized carbons (Fsp3) is 0.737. The van der Waals surface area contributed by atoms with Crippen molar-refractivity contribution in [3.63, 3.8) is 0 Å². The Morgan fingerprint density at radius 1 is 1.27 bits per heavy atom. The Labute approximate surface area is 155 Å². The van der Waals surface area contributed by atoms with Gasteiger partial charge in [-0.05, 0) is 44.7 Å². The third-order valence-electron chi connectivity index (χ3n) is 5.68. The molecule has 1 atom stereocenters. The molecule has 7 heteroatoms. The van der Waals surface area contributed by atoms with Gasteiger partial charge in [-0.3, -0.25) is 9.59 Å². The van der Waals surface area contributed by atoms with Crippen LogP contribution in [0.15, 0.2) is 17.1 Å². The number of hydrogen-bond donors (Lipinski definition) is 1. The van der Waals surface area contributed by atoms with Crippen LogP contribution in [-0.4, -0.2) is 59.9 Å². The molecule has 1 amide bonds. The molecule has 1 aromatic rings. The van der Waals surface area contributed by atoms with Gasteiger partial charge in [-0.15, -0.1) is 0 Å². The molecule has 7 nitrogen and oxygen atoms in total. The Hall–Kier alpha value is -1.89. The van der Waals surface area contributed by atoms with E-state index in [0.29, 0.717) is 5.92 Å². The summed E-state index contributed by atoms with van der Waals surface area (Å²) in [6.07, 6.45) is 6.32. The second kappa shape index (κ2) is 8.66. The molecule has 2 aliphatic rings. The van der Waals surface area contributed by atoms with Crippen LogP contribution < -0.4 is 15.8 Å². The molecule has 0 aromatic carbocycles. The van der Waals surface area contributed by atoms with Crippen LogP contribution in [0.2, 0.25) is 0 Å². The number of carbonyl (C=O) groups excluding carboxylic acids is 1. The van der Waals surface area contributed by atoms with E-state index >= 15 is 0 Å². The van der Waals surface area contributed by atoms with Gasteiger partial charge < -0.3 is 15.1 Å². The van der Waals surface area contributed by atoms with E-state index in [0.717, 1.165) is 57.8 Å². The number of piperidine rings is 1. The van der Waals surface area contributed by atoms with Gasteiger partial charge in [0.2, 0.25) is 5.91 Å². The molecule has 0 saturated carbocycles. The zero-order valence-electron chi connectivity index (χ0n) is 16.0. The number of amides is 1. The number of likely N-dealkylation sites (tertiary alicyclic amines) is 1. The van der Waals surface area contributed by atoms with E-state index < -0.39 is 0 Å². The van der Waals surface area contributed by atoms with E-state index in [4.69, 9.17) is 0 Å². The highest BCUT2D eigenvalue weighted by atomic mass is 16.2. The van der Waals surface area contributed by atoms with Crippen molar-refractivity contribution in [3.8, 4) is 0 Å².